The number of carbonyl (C=O) groups is 1. The zero-order chi connectivity index (χ0) is 24.9. The summed E-state index contributed by atoms with van der Waals surface area (Å²) in [5.74, 6) is -0.0878. The van der Waals surface area contributed by atoms with Crippen molar-refractivity contribution < 1.29 is 9.21 Å². The van der Waals surface area contributed by atoms with Gasteiger partial charge in [-0.15, -0.1) is 5.10 Å². The van der Waals surface area contributed by atoms with Crippen LogP contribution in [0.25, 0.3) is 23.2 Å². The van der Waals surface area contributed by atoms with Crippen LogP contribution in [0.1, 0.15) is 25.5 Å². The molecule has 35 heavy (non-hydrogen) atoms. The third kappa shape index (κ3) is 4.67. The molecule has 0 aliphatic rings. The molecule has 0 spiro atoms. The largest absolute Gasteiger partial charge is 0.465 e. The van der Waals surface area contributed by atoms with Crippen molar-refractivity contribution in [1.29, 1.82) is 0 Å². The number of anilines is 2. The van der Waals surface area contributed by atoms with Crippen LogP contribution in [0.3, 0.4) is 0 Å². The Labute approximate surface area is 199 Å². The van der Waals surface area contributed by atoms with E-state index in [1.165, 1.54) is 28.6 Å². The number of nitrogens with one attached hydrogen (secondary N) is 1. The van der Waals surface area contributed by atoms with E-state index in [0.717, 1.165) is 11.3 Å². The van der Waals surface area contributed by atoms with Gasteiger partial charge in [0.15, 0.2) is 11.5 Å². The zero-order valence-electron chi connectivity index (χ0n) is 19.2. The fraction of sp³-hybridized carbons (Fsp3) is 0.217. The number of aromatic nitrogens is 6. The van der Waals surface area contributed by atoms with Gasteiger partial charge in [0.2, 0.25) is 0 Å². The van der Waals surface area contributed by atoms with E-state index in [1.807, 2.05) is 25.1 Å². The van der Waals surface area contributed by atoms with Crippen LogP contribution in [0.15, 0.2) is 62.7 Å². The lowest BCUT2D eigenvalue weighted by Gasteiger charge is -2.21. The predicted octanol–water partition coefficient (Wildman–Crippen LogP) is 1.83. The van der Waals surface area contributed by atoms with Crippen LogP contribution in [-0.4, -0.2) is 42.7 Å². The number of furan rings is 1. The Kier molecular flexibility index (Phi) is 6.71. The van der Waals surface area contributed by atoms with Crippen molar-refractivity contribution in [3.05, 3.63) is 75.3 Å². The van der Waals surface area contributed by atoms with Crippen molar-refractivity contribution in [2.45, 2.75) is 26.3 Å². The van der Waals surface area contributed by atoms with Gasteiger partial charge < -0.3 is 15.1 Å². The first-order chi connectivity index (χ1) is 16.9. The van der Waals surface area contributed by atoms with E-state index >= 15 is 0 Å². The number of amides is 1. The maximum Gasteiger partial charge on any atom is 0.330 e. The third-order valence-electron chi connectivity index (χ3n) is 5.36. The summed E-state index contributed by atoms with van der Waals surface area (Å²) in [6.45, 7) is 2.26. The maximum atomic E-state index is 13.8. The Morgan fingerprint density at radius 3 is 2.66 bits per heavy atom. The summed E-state index contributed by atoms with van der Waals surface area (Å²) >= 11 is 0. The fourth-order valence-corrected chi connectivity index (χ4v) is 3.55. The third-order valence-corrected chi connectivity index (χ3v) is 5.36. The Morgan fingerprint density at radius 1 is 1.20 bits per heavy atom. The van der Waals surface area contributed by atoms with Crippen LogP contribution in [-0.2, 0) is 11.3 Å². The highest BCUT2D eigenvalue weighted by molar-refractivity contribution is 6.25. The predicted molar refractivity (Wildman–Crippen MR) is 130 cm³/mol. The Balaban J connectivity index is 1.83. The second kappa shape index (κ2) is 10.0. The molecule has 0 fully saturated rings. The second-order valence-electron chi connectivity index (χ2n) is 7.69. The van der Waals surface area contributed by atoms with Crippen molar-refractivity contribution in [1.82, 2.24) is 29.8 Å². The Morgan fingerprint density at radius 2 is 1.97 bits per heavy atom. The average Bonchev–Trinajstić information content (AvgIpc) is 3.54. The average molecular weight is 476 g/mol. The highest BCUT2D eigenvalue weighted by atomic mass is 16.3. The number of aromatic amines is 1. The van der Waals surface area contributed by atoms with E-state index in [0.29, 0.717) is 30.1 Å². The molecule has 4 rings (SSSR count). The standard InChI is InChI=1S/C23H24N8O4/c1-3-4-12-30-19(24)18(21(32)25-23(30)34)29(2)22(33)17(14-16-11-8-13-35-16)31-20(26-27-28-31)15-9-6-5-7-10-15/h5-11,13-14H,3-4,12,24H2,1-2H3,(H,25,32,34)/b17-14+. The zero-order valence-corrected chi connectivity index (χ0v) is 19.2. The molecule has 12 heteroatoms. The number of nitrogens with zero attached hydrogens (tertiary/aromatic N) is 6. The van der Waals surface area contributed by atoms with Crippen molar-refractivity contribution in [2.24, 2.45) is 0 Å². The molecule has 0 saturated carbocycles. The van der Waals surface area contributed by atoms with Crippen LogP contribution in [0.4, 0.5) is 11.5 Å². The van der Waals surface area contributed by atoms with Crippen molar-refractivity contribution in [2.75, 3.05) is 17.7 Å². The fourth-order valence-electron chi connectivity index (χ4n) is 3.55. The van der Waals surface area contributed by atoms with E-state index in [-0.39, 0.29) is 17.2 Å². The summed E-state index contributed by atoms with van der Waals surface area (Å²) < 4.78 is 7.90. The first-order valence-corrected chi connectivity index (χ1v) is 10.9. The number of unbranched alkanes of at least 4 members (excludes halogenated alkanes) is 1. The van der Waals surface area contributed by atoms with Gasteiger partial charge in [-0.3, -0.25) is 19.1 Å². The minimum Gasteiger partial charge on any atom is -0.465 e. The second-order valence-corrected chi connectivity index (χ2v) is 7.69. The summed E-state index contributed by atoms with van der Waals surface area (Å²) in [5, 5.41) is 11.8. The van der Waals surface area contributed by atoms with Crippen molar-refractivity contribution in [3.63, 3.8) is 0 Å². The Hall–Kier alpha value is -4.74. The van der Waals surface area contributed by atoms with Crippen LogP contribution in [0.2, 0.25) is 0 Å². The van der Waals surface area contributed by atoms with Crippen molar-refractivity contribution in [3.8, 4) is 11.4 Å². The summed E-state index contributed by atoms with van der Waals surface area (Å²) in [7, 11) is 1.39. The molecular formula is C23H24N8O4. The molecule has 0 bridgehead atoms. The Bertz CT molecular complexity index is 1470. The lowest BCUT2D eigenvalue weighted by molar-refractivity contribution is -0.113. The molecule has 0 atom stereocenters. The minimum atomic E-state index is -0.784. The molecule has 0 radical (unpaired) electrons. The van der Waals surface area contributed by atoms with Gasteiger partial charge in [0.25, 0.3) is 11.5 Å². The van der Waals surface area contributed by atoms with Crippen LogP contribution >= 0.6 is 0 Å². The van der Waals surface area contributed by atoms with Crippen LogP contribution < -0.4 is 21.9 Å². The van der Waals surface area contributed by atoms with E-state index in [2.05, 4.69) is 20.5 Å². The molecule has 3 aromatic heterocycles. The normalized spacial score (nSPS) is 11.5. The molecule has 4 aromatic rings. The van der Waals surface area contributed by atoms with E-state index in [4.69, 9.17) is 10.2 Å². The van der Waals surface area contributed by atoms with E-state index in [9.17, 15) is 14.4 Å². The molecule has 0 aliphatic heterocycles. The lowest BCUT2D eigenvalue weighted by Crippen LogP contribution is -2.40. The van der Waals surface area contributed by atoms with Crippen LogP contribution in [0, 0.1) is 0 Å². The quantitative estimate of drug-likeness (QED) is 0.365. The molecule has 0 saturated heterocycles. The topological polar surface area (TPSA) is 158 Å². The highest BCUT2D eigenvalue weighted by Crippen LogP contribution is 2.24. The first-order valence-electron chi connectivity index (χ1n) is 10.9. The SMILES string of the molecule is CCCCn1c(N)c(N(C)C(=O)/C(=C\c2ccco2)n2nnnc2-c2ccccc2)c(=O)[nH]c1=O. The number of nitrogen functional groups attached to an aromatic ring is 1. The lowest BCUT2D eigenvalue weighted by atomic mass is 10.2. The van der Waals surface area contributed by atoms with Crippen molar-refractivity contribution >= 4 is 29.2 Å². The number of tetrazole rings is 1. The number of rotatable bonds is 8. The number of likely N-dealkylation sites (N-methyl/N-ethyl adjacent to an activating group) is 1. The number of nitrogens with two attached hydrogens (primary N) is 1. The summed E-state index contributed by atoms with van der Waals surface area (Å²) in [4.78, 5) is 42.1. The minimum absolute atomic E-state index is 0.00332. The van der Waals surface area contributed by atoms with E-state index in [1.54, 1.807) is 24.3 Å². The molecule has 1 amide bonds. The van der Waals surface area contributed by atoms with Gasteiger partial charge in [0, 0.05) is 25.2 Å². The summed E-state index contributed by atoms with van der Waals surface area (Å²) in [5.41, 5.74) is 5.29. The molecule has 12 nitrogen and oxygen atoms in total. The summed E-state index contributed by atoms with van der Waals surface area (Å²) in [6.07, 6.45) is 4.40. The molecule has 3 heterocycles. The van der Waals surface area contributed by atoms with Crippen LogP contribution in [0.5, 0.6) is 0 Å². The number of hydrogen-bond donors (Lipinski definition) is 2. The van der Waals surface area contributed by atoms with Gasteiger partial charge in [-0.1, -0.05) is 43.7 Å². The number of H-pyrrole nitrogens is 1. The van der Waals surface area contributed by atoms with Gasteiger partial charge in [-0.25, -0.2) is 4.79 Å². The molecule has 0 unspecified atom stereocenters. The maximum absolute atomic E-state index is 13.8. The van der Waals surface area contributed by atoms with Gasteiger partial charge in [0.1, 0.15) is 17.3 Å². The molecule has 0 aliphatic carbocycles. The van der Waals surface area contributed by atoms with E-state index < -0.39 is 17.2 Å². The van der Waals surface area contributed by atoms with Gasteiger partial charge in [-0.05, 0) is 29.0 Å². The van der Waals surface area contributed by atoms with Gasteiger partial charge in [0.05, 0.1) is 6.26 Å². The molecule has 180 valence electrons. The number of benzene rings is 1. The number of carbonyl (C=O) groups excluding carboxylic acids is 1. The first kappa shape index (κ1) is 23.4. The number of hydrogen-bond acceptors (Lipinski definition) is 8. The molecular weight excluding hydrogens is 452 g/mol. The monoisotopic (exact) mass is 476 g/mol. The summed E-state index contributed by atoms with van der Waals surface area (Å²) in [6, 6.07) is 12.4. The highest BCUT2D eigenvalue weighted by Gasteiger charge is 2.27. The van der Waals surface area contributed by atoms with Gasteiger partial charge in [-0.2, -0.15) is 4.68 Å². The van der Waals surface area contributed by atoms with Gasteiger partial charge >= 0.3 is 5.69 Å². The smallest absolute Gasteiger partial charge is 0.330 e. The molecule has 1 aromatic carbocycles. The molecule has 3 N–H and O–H groups in total.